The number of thioether (sulfide) groups is 1. The molecule has 4 heteroatoms. The van der Waals surface area contributed by atoms with E-state index in [-0.39, 0.29) is 17.2 Å². The molecule has 1 aliphatic rings. The summed E-state index contributed by atoms with van der Waals surface area (Å²) in [6.07, 6.45) is 1.03. The number of nitrogens with one attached hydrogen (secondary N) is 1. The Balaban J connectivity index is 1.45. The van der Waals surface area contributed by atoms with E-state index in [1.807, 2.05) is 13.0 Å². The second-order valence-electron chi connectivity index (χ2n) is 6.79. The van der Waals surface area contributed by atoms with Gasteiger partial charge >= 0.3 is 0 Å². The van der Waals surface area contributed by atoms with Gasteiger partial charge in [0.25, 0.3) is 0 Å². The maximum Gasteiger partial charge on any atom is 0.233 e. The Kier molecular flexibility index (Phi) is 6.16. The average Bonchev–Trinajstić information content (AvgIpc) is 3.04. The van der Waals surface area contributed by atoms with Gasteiger partial charge in [-0.1, -0.05) is 48.0 Å². The number of hydrogen-bond acceptors (Lipinski definition) is 3. The van der Waals surface area contributed by atoms with Crippen molar-refractivity contribution in [2.75, 3.05) is 13.1 Å². The summed E-state index contributed by atoms with van der Waals surface area (Å²) in [5.41, 5.74) is 2.57. The molecule has 0 saturated carbocycles. The molecular weight excluding hydrogens is 328 g/mol. The van der Waals surface area contributed by atoms with Gasteiger partial charge in [0.15, 0.2) is 0 Å². The standard InChI is InChI=1S/C21H26N2OS/c1-16-8-10-20(11-9-16)25-17(2)21(24)22-19-12-13-23(15-19)14-18-6-4-3-5-7-18/h3-11,17,19H,12-15H2,1-2H3,(H,22,24)/t17-,19+/m1/s1. The van der Waals surface area contributed by atoms with Crippen molar-refractivity contribution in [2.24, 2.45) is 0 Å². The van der Waals surface area contributed by atoms with Crippen LogP contribution in [0.3, 0.4) is 0 Å². The molecule has 3 nitrogen and oxygen atoms in total. The van der Waals surface area contributed by atoms with Crippen molar-refractivity contribution < 1.29 is 4.79 Å². The van der Waals surface area contributed by atoms with Gasteiger partial charge in [0.1, 0.15) is 0 Å². The Labute approximate surface area is 154 Å². The summed E-state index contributed by atoms with van der Waals surface area (Å²) in [6.45, 7) is 6.99. The number of hydrogen-bond donors (Lipinski definition) is 1. The lowest BCUT2D eigenvalue weighted by molar-refractivity contribution is -0.120. The van der Waals surface area contributed by atoms with Crippen LogP contribution in [0.1, 0.15) is 24.5 Å². The number of aryl methyl sites for hydroxylation is 1. The normalized spacial score (nSPS) is 18.9. The van der Waals surface area contributed by atoms with Crippen LogP contribution in [0.2, 0.25) is 0 Å². The summed E-state index contributed by atoms with van der Waals surface area (Å²) in [7, 11) is 0. The van der Waals surface area contributed by atoms with Crippen LogP contribution in [0, 0.1) is 6.92 Å². The lowest BCUT2D eigenvalue weighted by Crippen LogP contribution is -2.40. The van der Waals surface area contributed by atoms with Gasteiger partial charge in [-0.05, 0) is 38.0 Å². The zero-order valence-electron chi connectivity index (χ0n) is 14.9. The third-order valence-electron chi connectivity index (χ3n) is 4.57. The van der Waals surface area contributed by atoms with Crippen LogP contribution in [0.5, 0.6) is 0 Å². The first-order chi connectivity index (χ1) is 12.1. The summed E-state index contributed by atoms with van der Waals surface area (Å²) in [5, 5.41) is 3.15. The van der Waals surface area contributed by atoms with E-state index in [0.717, 1.165) is 31.0 Å². The Morgan fingerprint density at radius 2 is 1.92 bits per heavy atom. The van der Waals surface area contributed by atoms with E-state index in [1.165, 1.54) is 11.1 Å². The first-order valence-corrected chi connectivity index (χ1v) is 9.78. The van der Waals surface area contributed by atoms with Crippen LogP contribution in [0.25, 0.3) is 0 Å². The van der Waals surface area contributed by atoms with Gasteiger partial charge < -0.3 is 5.32 Å². The number of nitrogens with zero attached hydrogens (tertiary/aromatic N) is 1. The molecule has 2 aromatic rings. The van der Waals surface area contributed by atoms with Crippen molar-refractivity contribution >= 4 is 17.7 Å². The molecular formula is C21H26N2OS. The second kappa shape index (κ2) is 8.54. The Morgan fingerprint density at radius 3 is 2.64 bits per heavy atom. The van der Waals surface area contributed by atoms with Gasteiger partial charge in [-0.25, -0.2) is 0 Å². The fraction of sp³-hybridized carbons (Fsp3) is 0.381. The fourth-order valence-electron chi connectivity index (χ4n) is 3.13. The molecule has 1 aliphatic heterocycles. The number of carbonyl (C=O) groups is 1. The Morgan fingerprint density at radius 1 is 1.20 bits per heavy atom. The number of rotatable bonds is 6. The number of likely N-dealkylation sites (tertiary alicyclic amines) is 1. The van der Waals surface area contributed by atoms with Crippen molar-refractivity contribution in [3.05, 3.63) is 65.7 Å². The summed E-state index contributed by atoms with van der Waals surface area (Å²) in [5.74, 6) is 0.136. The average molecular weight is 355 g/mol. The SMILES string of the molecule is Cc1ccc(S[C@H](C)C(=O)N[C@H]2CCN(Cc3ccccc3)C2)cc1. The van der Waals surface area contributed by atoms with E-state index >= 15 is 0 Å². The molecule has 132 valence electrons. The molecule has 1 fully saturated rings. The molecule has 0 aromatic heterocycles. The highest BCUT2D eigenvalue weighted by Gasteiger charge is 2.25. The minimum Gasteiger partial charge on any atom is -0.351 e. The number of benzene rings is 2. The molecule has 3 rings (SSSR count). The monoisotopic (exact) mass is 354 g/mol. The highest BCUT2D eigenvalue weighted by molar-refractivity contribution is 8.00. The van der Waals surface area contributed by atoms with E-state index < -0.39 is 0 Å². The van der Waals surface area contributed by atoms with Crippen LogP contribution in [0.4, 0.5) is 0 Å². The van der Waals surface area contributed by atoms with Gasteiger partial charge in [-0.2, -0.15) is 0 Å². The van der Waals surface area contributed by atoms with Gasteiger partial charge in [-0.3, -0.25) is 9.69 Å². The fourth-order valence-corrected chi connectivity index (χ4v) is 4.01. The van der Waals surface area contributed by atoms with Gasteiger partial charge in [0.2, 0.25) is 5.91 Å². The molecule has 1 N–H and O–H groups in total. The zero-order chi connectivity index (χ0) is 17.6. The minimum absolute atomic E-state index is 0.0779. The molecule has 25 heavy (non-hydrogen) atoms. The van der Waals surface area contributed by atoms with Crippen LogP contribution in [0.15, 0.2) is 59.5 Å². The molecule has 1 amide bonds. The zero-order valence-corrected chi connectivity index (χ0v) is 15.8. The largest absolute Gasteiger partial charge is 0.351 e. The van der Waals surface area contributed by atoms with Gasteiger partial charge in [-0.15, -0.1) is 11.8 Å². The first-order valence-electron chi connectivity index (χ1n) is 8.90. The third-order valence-corrected chi connectivity index (χ3v) is 5.68. The molecule has 1 saturated heterocycles. The maximum absolute atomic E-state index is 12.5. The third kappa shape index (κ3) is 5.35. The molecule has 1 heterocycles. The predicted octanol–water partition coefficient (Wildman–Crippen LogP) is 3.87. The van der Waals surface area contributed by atoms with Gasteiger partial charge in [0.05, 0.1) is 5.25 Å². The smallest absolute Gasteiger partial charge is 0.233 e. The van der Waals surface area contributed by atoms with E-state index in [4.69, 9.17) is 0 Å². The lowest BCUT2D eigenvalue weighted by Gasteiger charge is -2.18. The predicted molar refractivity (Wildman–Crippen MR) is 105 cm³/mol. The summed E-state index contributed by atoms with van der Waals surface area (Å²) >= 11 is 1.62. The van der Waals surface area contributed by atoms with Crippen molar-refractivity contribution in [2.45, 2.75) is 43.0 Å². The first kappa shape index (κ1) is 18.0. The van der Waals surface area contributed by atoms with Crippen molar-refractivity contribution in [1.82, 2.24) is 10.2 Å². The van der Waals surface area contributed by atoms with Crippen LogP contribution >= 0.6 is 11.8 Å². The second-order valence-corrected chi connectivity index (χ2v) is 8.20. The summed E-state index contributed by atoms with van der Waals surface area (Å²) in [4.78, 5) is 16.0. The quantitative estimate of drug-likeness (QED) is 0.800. The summed E-state index contributed by atoms with van der Waals surface area (Å²) in [6, 6.07) is 19.1. The summed E-state index contributed by atoms with van der Waals surface area (Å²) < 4.78 is 0. The van der Waals surface area contributed by atoms with Crippen molar-refractivity contribution in [3.63, 3.8) is 0 Å². The molecule has 2 aromatic carbocycles. The lowest BCUT2D eigenvalue weighted by atomic mass is 10.2. The van der Waals surface area contributed by atoms with E-state index in [1.54, 1.807) is 11.8 Å². The number of carbonyl (C=O) groups excluding carboxylic acids is 1. The molecule has 0 unspecified atom stereocenters. The number of amides is 1. The van der Waals surface area contributed by atoms with Gasteiger partial charge in [0, 0.05) is 30.6 Å². The molecule has 0 spiro atoms. The van der Waals surface area contributed by atoms with Crippen LogP contribution in [-0.4, -0.2) is 35.2 Å². The highest BCUT2D eigenvalue weighted by Crippen LogP contribution is 2.24. The van der Waals surface area contributed by atoms with Crippen LogP contribution in [-0.2, 0) is 11.3 Å². The minimum atomic E-state index is -0.0779. The maximum atomic E-state index is 12.5. The van der Waals surface area contributed by atoms with Crippen LogP contribution < -0.4 is 5.32 Å². The Hall–Kier alpha value is -1.78. The van der Waals surface area contributed by atoms with Crippen molar-refractivity contribution in [3.8, 4) is 0 Å². The molecule has 0 aliphatic carbocycles. The molecule has 0 radical (unpaired) electrons. The molecule has 0 bridgehead atoms. The van der Waals surface area contributed by atoms with E-state index in [2.05, 4.69) is 65.7 Å². The van der Waals surface area contributed by atoms with E-state index in [9.17, 15) is 4.79 Å². The van der Waals surface area contributed by atoms with E-state index in [0.29, 0.717) is 0 Å². The Bertz CT molecular complexity index is 687. The van der Waals surface area contributed by atoms with Crippen molar-refractivity contribution in [1.29, 1.82) is 0 Å². The topological polar surface area (TPSA) is 32.3 Å². The molecule has 2 atom stereocenters. The highest BCUT2D eigenvalue weighted by atomic mass is 32.2.